The van der Waals surface area contributed by atoms with Gasteiger partial charge in [0.05, 0.1) is 5.52 Å². The summed E-state index contributed by atoms with van der Waals surface area (Å²) in [5.41, 5.74) is 6.59. The lowest BCUT2D eigenvalue weighted by atomic mass is 10.1. The molecule has 0 bridgehead atoms. The van der Waals surface area contributed by atoms with Crippen molar-refractivity contribution in [3.8, 4) is 0 Å². The van der Waals surface area contributed by atoms with Crippen LogP contribution in [0, 0.1) is 0 Å². The first-order chi connectivity index (χ1) is 6.74. The van der Waals surface area contributed by atoms with E-state index in [1.165, 1.54) is 0 Å². The van der Waals surface area contributed by atoms with Crippen LogP contribution in [0.5, 0.6) is 0 Å². The molecule has 1 aromatic carbocycles. The van der Waals surface area contributed by atoms with Gasteiger partial charge in [0, 0.05) is 17.1 Å². The van der Waals surface area contributed by atoms with Gasteiger partial charge in [-0.3, -0.25) is 4.79 Å². The molecule has 72 valence electrons. The topological polar surface area (TPSA) is 57.2 Å². The Morgan fingerprint density at radius 1 is 1.43 bits per heavy atom. The maximum atomic E-state index is 11.1. The fraction of sp³-hybridized carbons (Fsp3) is 0.100. The summed E-state index contributed by atoms with van der Waals surface area (Å²) in [5.74, 6) is -0.426. The van der Waals surface area contributed by atoms with E-state index in [0.717, 1.165) is 10.9 Å². The predicted molar refractivity (Wildman–Crippen MR) is 53.0 cm³/mol. The van der Waals surface area contributed by atoms with Gasteiger partial charge in [-0.25, -0.2) is 0 Å². The van der Waals surface area contributed by atoms with E-state index in [2.05, 4.69) is 0 Å². The average Bonchev–Trinajstić information content (AvgIpc) is 2.59. The Balaban J connectivity index is 2.76. The molecule has 1 aromatic heterocycles. The van der Waals surface area contributed by atoms with Crippen LogP contribution in [0.25, 0.3) is 10.9 Å². The van der Waals surface area contributed by atoms with Gasteiger partial charge in [0.1, 0.15) is 7.11 Å². The van der Waals surface area contributed by atoms with Crippen molar-refractivity contribution >= 4 is 16.8 Å². The Morgan fingerprint density at radius 3 is 2.86 bits per heavy atom. The fourth-order valence-electron chi connectivity index (χ4n) is 1.52. The van der Waals surface area contributed by atoms with E-state index in [4.69, 9.17) is 10.6 Å². The average molecular weight is 190 g/mol. The van der Waals surface area contributed by atoms with Crippen molar-refractivity contribution < 1.29 is 9.63 Å². The summed E-state index contributed by atoms with van der Waals surface area (Å²) in [4.78, 5) is 16.2. The van der Waals surface area contributed by atoms with Crippen LogP contribution < -0.4 is 10.6 Å². The third-order valence-electron chi connectivity index (χ3n) is 2.16. The zero-order chi connectivity index (χ0) is 10.1. The Kier molecular flexibility index (Phi) is 1.89. The molecule has 0 unspecified atom stereocenters. The lowest BCUT2D eigenvalue weighted by Crippen LogP contribution is -2.11. The number of primary amides is 1. The molecular weight excluding hydrogens is 180 g/mol. The molecule has 4 heteroatoms. The quantitative estimate of drug-likeness (QED) is 0.761. The van der Waals surface area contributed by atoms with Crippen molar-refractivity contribution in [2.24, 2.45) is 5.73 Å². The predicted octanol–water partition coefficient (Wildman–Crippen LogP) is 0.799. The first-order valence-corrected chi connectivity index (χ1v) is 4.18. The summed E-state index contributed by atoms with van der Waals surface area (Å²) in [7, 11) is 1.57. The molecule has 0 atom stereocenters. The van der Waals surface area contributed by atoms with Gasteiger partial charge >= 0.3 is 0 Å². The van der Waals surface area contributed by atoms with Crippen molar-refractivity contribution in [3.05, 3.63) is 36.0 Å². The monoisotopic (exact) mass is 190 g/mol. The summed E-state index contributed by atoms with van der Waals surface area (Å²) >= 11 is 0. The summed E-state index contributed by atoms with van der Waals surface area (Å²) < 4.78 is 1.59. The van der Waals surface area contributed by atoms with Crippen LogP contribution >= 0.6 is 0 Å². The van der Waals surface area contributed by atoms with Gasteiger partial charge in [-0.15, -0.1) is 0 Å². The molecule has 2 N–H and O–H groups in total. The third-order valence-corrected chi connectivity index (χ3v) is 2.16. The number of hydrogen-bond acceptors (Lipinski definition) is 2. The second kappa shape index (κ2) is 3.06. The van der Waals surface area contributed by atoms with E-state index in [0.29, 0.717) is 5.56 Å². The van der Waals surface area contributed by atoms with Gasteiger partial charge in [0.25, 0.3) is 0 Å². The van der Waals surface area contributed by atoms with Gasteiger partial charge in [-0.2, -0.15) is 4.73 Å². The maximum Gasteiger partial charge on any atom is 0.249 e. The van der Waals surface area contributed by atoms with Crippen molar-refractivity contribution in [1.82, 2.24) is 4.73 Å². The highest BCUT2D eigenvalue weighted by Gasteiger charge is 2.08. The summed E-state index contributed by atoms with van der Waals surface area (Å²) in [5, 5.41) is 0.807. The normalized spacial score (nSPS) is 10.4. The van der Waals surface area contributed by atoms with Crippen LogP contribution in [0.1, 0.15) is 10.4 Å². The number of amides is 1. The van der Waals surface area contributed by atoms with Crippen LogP contribution in [-0.4, -0.2) is 17.7 Å². The number of carbonyl (C=O) groups excluding carboxylic acids is 1. The highest BCUT2D eigenvalue weighted by atomic mass is 16.6. The second-order valence-electron chi connectivity index (χ2n) is 2.93. The van der Waals surface area contributed by atoms with E-state index < -0.39 is 5.91 Å². The molecule has 2 rings (SSSR count). The molecule has 0 spiro atoms. The molecule has 1 heterocycles. The Bertz CT molecular complexity index is 488. The molecular formula is C10H10N2O2. The zero-order valence-electron chi connectivity index (χ0n) is 7.73. The minimum Gasteiger partial charge on any atom is -0.417 e. The first kappa shape index (κ1) is 8.62. The Hall–Kier alpha value is -1.97. The number of carbonyl (C=O) groups is 1. The molecule has 0 aliphatic carbocycles. The molecule has 0 aliphatic rings. The maximum absolute atomic E-state index is 11.1. The van der Waals surface area contributed by atoms with E-state index >= 15 is 0 Å². The Morgan fingerprint density at radius 2 is 2.21 bits per heavy atom. The minimum atomic E-state index is -0.426. The van der Waals surface area contributed by atoms with Crippen LogP contribution in [0.3, 0.4) is 0 Å². The number of benzene rings is 1. The van der Waals surface area contributed by atoms with Gasteiger partial charge in [0.15, 0.2) is 0 Å². The molecule has 4 nitrogen and oxygen atoms in total. The van der Waals surface area contributed by atoms with Crippen LogP contribution in [0.15, 0.2) is 30.5 Å². The number of aromatic nitrogens is 1. The molecule has 0 saturated heterocycles. The lowest BCUT2D eigenvalue weighted by Gasteiger charge is -2.02. The van der Waals surface area contributed by atoms with Crippen molar-refractivity contribution in [1.29, 1.82) is 0 Å². The molecule has 14 heavy (non-hydrogen) atoms. The number of nitrogens with two attached hydrogens (primary N) is 1. The third kappa shape index (κ3) is 1.12. The van der Waals surface area contributed by atoms with Crippen molar-refractivity contribution in [2.75, 3.05) is 7.11 Å². The summed E-state index contributed by atoms with van der Waals surface area (Å²) in [6, 6.07) is 7.15. The number of nitrogens with zero attached hydrogens (tertiary/aromatic N) is 1. The van der Waals surface area contributed by atoms with Crippen LogP contribution in [0.4, 0.5) is 0 Å². The molecule has 2 aromatic rings. The molecule has 0 fully saturated rings. The van der Waals surface area contributed by atoms with Gasteiger partial charge in [-0.05, 0) is 18.2 Å². The minimum absolute atomic E-state index is 0.426. The van der Waals surface area contributed by atoms with Gasteiger partial charge < -0.3 is 10.6 Å². The lowest BCUT2D eigenvalue weighted by molar-refractivity contribution is 0.100. The Labute approximate surface area is 80.8 Å². The highest BCUT2D eigenvalue weighted by molar-refractivity contribution is 6.05. The van der Waals surface area contributed by atoms with Crippen LogP contribution in [0.2, 0.25) is 0 Å². The fourth-order valence-corrected chi connectivity index (χ4v) is 1.52. The molecule has 0 aliphatic heterocycles. The number of rotatable bonds is 2. The zero-order valence-corrected chi connectivity index (χ0v) is 7.73. The second-order valence-corrected chi connectivity index (χ2v) is 2.93. The van der Waals surface area contributed by atoms with Crippen molar-refractivity contribution in [3.63, 3.8) is 0 Å². The molecule has 1 amide bonds. The summed E-state index contributed by atoms with van der Waals surface area (Å²) in [6.45, 7) is 0. The SMILES string of the molecule is COn1ccc2c(C(N)=O)cccc21. The van der Waals surface area contributed by atoms with Gasteiger partial charge in [-0.1, -0.05) is 6.07 Å². The number of hydrogen-bond donors (Lipinski definition) is 1. The van der Waals surface area contributed by atoms with Gasteiger partial charge in [0.2, 0.25) is 5.91 Å². The largest absolute Gasteiger partial charge is 0.417 e. The smallest absolute Gasteiger partial charge is 0.249 e. The van der Waals surface area contributed by atoms with E-state index in [-0.39, 0.29) is 0 Å². The van der Waals surface area contributed by atoms with E-state index in [9.17, 15) is 4.79 Å². The standard InChI is InChI=1S/C10H10N2O2/c1-14-12-6-5-7-8(10(11)13)3-2-4-9(7)12/h2-6H,1H3,(H2,11,13). The summed E-state index contributed by atoms with van der Waals surface area (Å²) in [6.07, 6.45) is 1.75. The number of fused-ring (bicyclic) bond motifs is 1. The van der Waals surface area contributed by atoms with Crippen LogP contribution in [-0.2, 0) is 0 Å². The molecule has 0 radical (unpaired) electrons. The first-order valence-electron chi connectivity index (χ1n) is 4.18. The highest BCUT2D eigenvalue weighted by Crippen LogP contribution is 2.18. The molecule has 0 saturated carbocycles. The van der Waals surface area contributed by atoms with Crippen molar-refractivity contribution in [2.45, 2.75) is 0 Å². The van der Waals surface area contributed by atoms with E-state index in [1.54, 1.807) is 36.2 Å². The van der Waals surface area contributed by atoms with E-state index in [1.807, 2.05) is 6.07 Å².